The van der Waals surface area contributed by atoms with Crippen molar-refractivity contribution in [2.45, 2.75) is 0 Å². The van der Waals surface area contributed by atoms with Crippen LogP contribution in [0, 0.1) is 17.6 Å². The van der Waals surface area contributed by atoms with Crippen LogP contribution in [0.15, 0.2) is 35.3 Å². The molecule has 0 amide bonds. The van der Waals surface area contributed by atoms with Crippen LogP contribution in [0.1, 0.15) is 0 Å². The minimum absolute atomic E-state index is 0.530. The number of rotatable bonds is 5. The molecule has 0 aliphatic heterocycles. The summed E-state index contributed by atoms with van der Waals surface area (Å²) in [6, 6.07) is 3.26. The number of benzene rings is 1. The van der Waals surface area contributed by atoms with Gasteiger partial charge in [-0.15, -0.1) is 0 Å². The SMILES string of the molecule is COC(=O)C=CC(C=Nc1c(F)cccc1F)C(=O)OC. The van der Waals surface area contributed by atoms with Gasteiger partial charge in [0.15, 0.2) is 11.6 Å². The minimum atomic E-state index is -1.08. The quantitative estimate of drug-likeness (QED) is 0.475. The molecule has 0 aliphatic rings. The van der Waals surface area contributed by atoms with Gasteiger partial charge in [-0.1, -0.05) is 12.1 Å². The van der Waals surface area contributed by atoms with Gasteiger partial charge >= 0.3 is 11.9 Å². The van der Waals surface area contributed by atoms with E-state index in [1.54, 1.807) is 0 Å². The molecular weight excluding hydrogens is 284 g/mol. The van der Waals surface area contributed by atoms with E-state index in [1.807, 2.05) is 0 Å². The highest BCUT2D eigenvalue weighted by molar-refractivity contribution is 5.94. The maximum atomic E-state index is 13.4. The fourth-order valence-corrected chi connectivity index (χ4v) is 1.34. The highest BCUT2D eigenvalue weighted by Crippen LogP contribution is 2.21. The number of hydrogen-bond acceptors (Lipinski definition) is 5. The van der Waals surface area contributed by atoms with E-state index in [0.717, 1.165) is 37.6 Å². The van der Waals surface area contributed by atoms with Crippen LogP contribution in [0.4, 0.5) is 14.5 Å². The molecule has 0 aromatic heterocycles. The lowest BCUT2D eigenvalue weighted by Crippen LogP contribution is -2.15. The normalized spacial score (nSPS) is 12.6. The summed E-state index contributed by atoms with van der Waals surface area (Å²) >= 11 is 0. The van der Waals surface area contributed by atoms with Crippen molar-refractivity contribution in [1.82, 2.24) is 0 Å². The van der Waals surface area contributed by atoms with Crippen LogP contribution in [0.3, 0.4) is 0 Å². The molecular formula is C14H13F2NO4. The number of methoxy groups -OCH3 is 2. The molecule has 1 aromatic carbocycles. The Labute approximate surface area is 119 Å². The second kappa shape index (κ2) is 7.88. The molecule has 0 heterocycles. The standard InChI is InChI=1S/C14H13F2NO4/c1-20-12(18)7-6-9(14(19)21-2)8-17-13-10(15)4-3-5-11(13)16/h3-9H,1-2H3. The molecule has 112 valence electrons. The zero-order valence-corrected chi connectivity index (χ0v) is 11.4. The second-order valence-corrected chi connectivity index (χ2v) is 3.78. The fourth-order valence-electron chi connectivity index (χ4n) is 1.34. The summed E-state index contributed by atoms with van der Waals surface area (Å²) < 4.78 is 35.7. The van der Waals surface area contributed by atoms with Crippen LogP contribution < -0.4 is 0 Å². The van der Waals surface area contributed by atoms with E-state index in [-0.39, 0.29) is 0 Å². The number of hydrogen-bond donors (Lipinski definition) is 0. The molecule has 5 nitrogen and oxygen atoms in total. The Morgan fingerprint density at radius 1 is 1.19 bits per heavy atom. The molecule has 0 saturated carbocycles. The molecule has 0 spiro atoms. The number of ether oxygens (including phenoxy) is 2. The summed E-state index contributed by atoms with van der Waals surface area (Å²) in [7, 11) is 2.31. The van der Waals surface area contributed by atoms with E-state index >= 15 is 0 Å². The average Bonchev–Trinajstić information content (AvgIpc) is 2.48. The summed E-state index contributed by atoms with van der Waals surface area (Å²) in [6.07, 6.45) is 3.12. The largest absolute Gasteiger partial charge is 0.468 e. The summed E-state index contributed by atoms with van der Waals surface area (Å²) in [6.45, 7) is 0. The Kier molecular flexibility index (Phi) is 6.19. The molecule has 7 heteroatoms. The van der Waals surface area contributed by atoms with Crippen molar-refractivity contribution in [2.75, 3.05) is 14.2 Å². The minimum Gasteiger partial charge on any atom is -0.468 e. The van der Waals surface area contributed by atoms with Crippen molar-refractivity contribution in [2.24, 2.45) is 10.9 Å². The number of halogens is 2. The van der Waals surface area contributed by atoms with Crippen LogP contribution in [0.2, 0.25) is 0 Å². The van der Waals surface area contributed by atoms with Crippen molar-refractivity contribution in [3.8, 4) is 0 Å². The highest BCUT2D eigenvalue weighted by atomic mass is 19.1. The zero-order chi connectivity index (χ0) is 15.8. The Hall–Kier alpha value is -2.57. The predicted octanol–water partition coefficient (Wildman–Crippen LogP) is 2.19. The van der Waals surface area contributed by atoms with Gasteiger partial charge in [0, 0.05) is 12.3 Å². The predicted molar refractivity (Wildman–Crippen MR) is 71.2 cm³/mol. The van der Waals surface area contributed by atoms with Gasteiger partial charge in [0.05, 0.1) is 14.2 Å². The van der Waals surface area contributed by atoms with Crippen LogP contribution in [0.25, 0.3) is 0 Å². The Bertz CT molecular complexity index is 564. The van der Waals surface area contributed by atoms with E-state index in [0.29, 0.717) is 0 Å². The van der Waals surface area contributed by atoms with E-state index in [9.17, 15) is 18.4 Å². The summed E-state index contributed by atoms with van der Waals surface area (Å²) in [5.41, 5.74) is -0.530. The lowest BCUT2D eigenvalue weighted by molar-refractivity contribution is -0.141. The molecule has 0 saturated heterocycles. The molecule has 1 atom stereocenters. The van der Waals surface area contributed by atoms with Gasteiger partial charge in [0.2, 0.25) is 0 Å². The van der Waals surface area contributed by atoms with Gasteiger partial charge in [0.1, 0.15) is 11.6 Å². The molecule has 0 radical (unpaired) electrons. The van der Waals surface area contributed by atoms with E-state index in [4.69, 9.17) is 0 Å². The van der Waals surface area contributed by atoms with E-state index in [1.165, 1.54) is 13.2 Å². The van der Waals surface area contributed by atoms with Crippen LogP contribution in [0.5, 0.6) is 0 Å². The van der Waals surface area contributed by atoms with Crippen molar-refractivity contribution in [3.05, 3.63) is 42.0 Å². The topological polar surface area (TPSA) is 65.0 Å². The first-order valence-corrected chi connectivity index (χ1v) is 5.81. The summed E-state index contributed by atoms with van der Waals surface area (Å²) in [5.74, 6) is -4.24. The Balaban J connectivity index is 3.01. The number of carbonyl (C=O) groups is 2. The van der Waals surface area contributed by atoms with Gasteiger partial charge in [0.25, 0.3) is 0 Å². The maximum Gasteiger partial charge on any atom is 0.330 e. The first-order chi connectivity index (χ1) is 9.99. The summed E-state index contributed by atoms with van der Waals surface area (Å²) in [4.78, 5) is 26.1. The molecule has 0 N–H and O–H groups in total. The van der Waals surface area contributed by atoms with Crippen molar-refractivity contribution in [1.29, 1.82) is 0 Å². The fraction of sp³-hybridized carbons (Fsp3) is 0.214. The number of esters is 2. The lowest BCUT2D eigenvalue weighted by Gasteiger charge is -2.05. The Morgan fingerprint density at radius 2 is 1.81 bits per heavy atom. The lowest BCUT2D eigenvalue weighted by atomic mass is 10.1. The van der Waals surface area contributed by atoms with Gasteiger partial charge < -0.3 is 9.47 Å². The first-order valence-electron chi connectivity index (χ1n) is 5.81. The highest BCUT2D eigenvalue weighted by Gasteiger charge is 2.15. The number of aliphatic imine (C=N–C) groups is 1. The molecule has 1 aromatic rings. The number of nitrogens with zero attached hydrogens (tertiary/aromatic N) is 1. The van der Waals surface area contributed by atoms with Crippen molar-refractivity contribution < 1.29 is 27.8 Å². The zero-order valence-electron chi connectivity index (χ0n) is 11.4. The van der Waals surface area contributed by atoms with Crippen molar-refractivity contribution in [3.63, 3.8) is 0 Å². The van der Waals surface area contributed by atoms with Gasteiger partial charge in [-0.3, -0.25) is 9.79 Å². The maximum absolute atomic E-state index is 13.4. The Morgan fingerprint density at radius 3 is 2.33 bits per heavy atom. The average molecular weight is 297 g/mol. The van der Waals surface area contributed by atoms with Gasteiger partial charge in [-0.05, 0) is 12.1 Å². The monoisotopic (exact) mass is 297 g/mol. The smallest absolute Gasteiger partial charge is 0.330 e. The third-order valence-electron chi connectivity index (χ3n) is 2.42. The number of para-hydroxylation sites is 1. The summed E-state index contributed by atoms with van der Waals surface area (Å²) in [5, 5.41) is 0. The first kappa shape index (κ1) is 16.5. The molecule has 1 unspecified atom stereocenters. The molecule has 0 bridgehead atoms. The van der Waals surface area contributed by atoms with E-state index < -0.39 is 35.2 Å². The van der Waals surface area contributed by atoms with E-state index in [2.05, 4.69) is 14.5 Å². The molecule has 21 heavy (non-hydrogen) atoms. The van der Waals surface area contributed by atoms with Crippen molar-refractivity contribution >= 4 is 23.8 Å². The van der Waals surface area contributed by atoms with Crippen LogP contribution in [-0.4, -0.2) is 32.4 Å². The third-order valence-corrected chi connectivity index (χ3v) is 2.42. The number of carbonyl (C=O) groups excluding carboxylic acids is 2. The molecule has 0 aliphatic carbocycles. The molecule has 0 fully saturated rings. The van der Waals surface area contributed by atoms with Crippen LogP contribution in [-0.2, 0) is 19.1 Å². The third kappa shape index (κ3) is 4.79. The second-order valence-electron chi connectivity index (χ2n) is 3.78. The van der Waals surface area contributed by atoms with Crippen LogP contribution >= 0.6 is 0 Å². The van der Waals surface area contributed by atoms with Gasteiger partial charge in [-0.2, -0.15) is 0 Å². The van der Waals surface area contributed by atoms with Gasteiger partial charge in [-0.25, -0.2) is 13.6 Å². The molecule has 1 rings (SSSR count).